The summed E-state index contributed by atoms with van der Waals surface area (Å²) in [5.41, 5.74) is 1.69. The number of rotatable bonds is 9. The van der Waals surface area contributed by atoms with Gasteiger partial charge in [0.1, 0.15) is 24.7 Å². The number of para-hydroxylation sites is 2. The van der Waals surface area contributed by atoms with Crippen LogP contribution in [0.25, 0.3) is 0 Å². The van der Waals surface area contributed by atoms with Crippen molar-refractivity contribution >= 4 is 0 Å². The Labute approximate surface area is 191 Å². The monoisotopic (exact) mass is 450 g/mol. The molecule has 7 heteroatoms. The fourth-order valence-electron chi connectivity index (χ4n) is 3.18. The third kappa shape index (κ3) is 9.54. The Hall–Kier alpha value is -2.16. The van der Waals surface area contributed by atoms with Crippen molar-refractivity contribution in [3.8, 4) is 11.5 Å². The number of aliphatic hydroxyl groups is 4. The van der Waals surface area contributed by atoms with Crippen LogP contribution in [0.1, 0.15) is 37.8 Å². The highest BCUT2D eigenvalue weighted by atomic mass is 16.5. The molecule has 2 aromatic carbocycles. The summed E-state index contributed by atoms with van der Waals surface area (Å²) < 4.78 is 16.3. The Morgan fingerprint density at radius 1 is 0.688 bits per heavy atom. The average Bonchev–Trinajstić information content (AvgIpc) is 3.42. The molecule has 4 N–H and O–H groups in total. The van der Waals surface area contributed by atoms with Crippen LogP contribution in [0.15, 0.2) is 48.5 Å². The molecule has 2 aromatic rings. The number of benzene rings is 2. The minimum Gasteiger partial charge on any atom is -0.491 e. The first-order valence-corrected chi connectivity index (χ1v) is 11.0. The molecular weight excluding hydrogens is 412 g/mol. The van der Waals surface area contributed by atoms with Gasteiger partial charge in [0.15, 0.2) is 0 Å². The molecule has 0 aliphatic carbocycles. The molecule has 0 saturated carbocycles. The van der Waals surface area contributed by atoms with Crippen LogP contribution in [0.3, 0.4) is 0 Å². The van der Waals surface area contributed by atoms with E-state index in [9.17, 15) is 0 Å². The van der Waals surface area contributed by atoms with Crippen LogP contribution in [-0.4, -0.2) is 73.3 Å². The van der Waals surface area contributed by atoms with Gasteiger partial charge in [-0.25, -0.2) is 0 Å². The number of ether oxygens (including phenoxy) is 3. The second-order valence-corrected chi connectivity index (χ2v) is 7.53. The molecule has 32 heavy (non-hydrogen) atoms. The zero-order valence-corrected chi connectivity index (χ0v) is 19.2. The van der Waals surface area contributed by atoms with Crippen LogP contribution in [0.2, 0.25) is 0 Å². The standard InChI is InChI=1S/C19H24O4.C4H8O.C2H6O2/c1-19(2,15-7-3-5-9-17(15)22-13-11-20)16-8-4-6-10-18(16)23-14-12-21;1-2-4-5-3-1;3-1-2-4/h3-10,20-21H,11-14H2,1-2H3;1-4H2;3-4H,1-2H2. The molecule has 1 fully saturated rings. The second kappa shape index (κ2) is 16.5. The van der Waals surface area contributed by atoms with E-state index in [0.29, 0.717) is 0 Å². The van der Waals surface area contributed by atoms with Crippen LogP contribution in [0.4, 0.5) is 0 Å². The molecule has 1 heterocycles. The van der Waals surface area contributed by atoms with Crippen molar-refractivity contribution in [1.29, 1.82) is 0 Å². The SMILES string of the molecule is C1CCOC1.CC(C)(c1ccccc1OCCO)c1ccccc1OCCO.OCCO. The quantitative estimate of drug-likeness (QED) is 0.465. The van der Waals surface area contributed by atoms with Gasteiger partial charge in [0.05, 0.1) is 26.4 Å². The first-order chi connectivity index (χ1) is 15.5. The molecule has 3 rings (SSSR count). The van der Waals surface area contributed by atoms with Gasteiger partial charge in [0, 0.05) is 29.8 Å². The maximum absolute atomic E-state index is 9.01. The summed E-state index contributed by atoms with van der Waals surface area (Å²) in [6.45, 7) is 6.44. The third-order valence-electron chi connectivity index (χ3n) is 4.75. The number of aliphatic hydroxyl groups excluding tert-OH is 4. The molecule has 0 aromatic heterocycles. The lowest BCUT2D eigenvalue weighted by atomic mass is 9.77. The van der Waals surface area contributed by atoms with Gasteiger partial charge in [-0.3, -0.25) is 0 Å². The maximum atomic E-state index is 9.01. The number of hydrogen-bond acceptors (Lipinski definition) is 7. The van der Waals surface area contributed by atoms with Crippen LogP contribution in [-0.2, 0) is 10.2 Å². The first-order valence-electron chi connectivity index (χ1n) is 11.0. The highest BCUT2D eigenvalue weighted by Crippen LogP contribution is 2.41. The Balaban J connectivity index is 0.000000473. The Kier molecular flexibility index (Phi) is 14.3. The van der Waals surface area contributed by atoms with Crippen molar-refractivity contribution in [3.63, 3.8) is 0 Å². The van der Waals surface area contributed by atoms with Gasteiger partial charge in [-0.1, -0.05) is 50.2 Å². The molecule has 7 nitrogen and oxygen atoms in total. The minimum atomic E-state index is -0.349. The van der Waals surface area contributed by atoms with Crippen molar-refractivity contribution in [2.75, 3.05) is 52.9 Å². The first kappa shape index (κ1) is 27.9. The summed E-state index contributed by atoms with van der Waals surface area (Å²) in [6.07, 6.45) is 2.56. The van der Waals surface area contributed by atoms with E-state index in [4.69, 9.17) is 34.6 Å². The summed E-state index contributed by atoms with van der Waals surface area (Å²) in [7, 11) is 0. The molecule has 0 amide bonds. The fraction of sp³-hybridized carbons (Fsp3) is 0.520. The molecule has 0 atom stereocenters. The molecular formula is C25H38O7. The molecule has 180 valence electrons. The zero-order chi connectivity index (χ0) is 23.7. The summed E-state index contributed by atoms with van der Waals surface area (Å²) in [5, 5.41) is 33.3. The molecule has 0 spiro atoms. The van der Waals surface area contributed by atoms with Crippen LogP contribution < -0.4 is 9.47 Å². The van der Waals surface area contributed by atoms with Gasteiger partial charge in [-0.2, -0.15) is 0 Å². The predicted octanol–water partition coefficient (Wildman–Crippen LogP) is 2.52. The van der Waals surface area contributed by atoms with E-state index in [0.717, 1.165) is 35.8 Å². The van der Waals surface area contributed by atoms with Crippen LogP contribution in [0, 0.1) is 0 Å². The van der Waals surface area contributed by atoms with Gasteiger partial charge in [0.2, 0.25) is 0 Å². The van der Waals surface area contributed by atoms with Crippen LogP contribution in [0.5, 0.6) is 11.5 Å². The van der Waals surface area contributed by atoms with E-state index >= 15 is 0 Å². The van der Waals surface area contributed by atoms with Crippen molar-refractivity contribution in [2.24, 2.45) is 0 Å². The maximum Gasteiger partial charge on any atom is 0.123 e. The highest BCUT2D eigenvalue weighted by molar-refractivity contribution is 5.50. The molecule has 0 unspecified atom stereocenters. The normalized spacial score (nSPS) is 12.8. The van der Waals surface area contributed by atoms with Gasteiger partial charge < -0.3 is 34.6 Å². The molecule has 0 bridgehead atoms. The van der Waals surface area contributed by atoms with E-state index in [-0.39, 0.29) is 45.1 Å². The van der Waals surface area contributed by atoms with Crippen molar-refractivity contribution in [1.82, 2.24) is 0 Å². The number of hydrogen-bond donors (Lipinski definition) is 4. The molecule has 1 saturated heterocycles. The largest absolute Gasteiger partial charge is 0.491 e. The van der Waals surface area contributed by atoms with Gasteiger partial charge in [0.25, 0.3) is 0 Å². The lowest BCUT2D eigenvalue weighted by molar-refractivity contribution is 0.186. The predicted molar refractivity (Wildman–Crippen MR) is 124 cm³/mol. The minimum absolute atomic E-state index is 0.0229. The lowest BCUT2D eigenvalue weighted by Crippen LogP contribution is -2.22. The highest BCUT2D eigenvalue weighted by Gasteiger charge is 2.29. The van der Waals surface area contributed by atoms with E-state index in [1.807, 2.05) is 48.5 Å². The Morgan fingerprint density at radius 2 is 1.09 bits per heavy atom. The van der Waals surface area contributed by atoms with E-state index in [2.05, 4.69) is 13.8 Å². The van der Waals surface area contributed by atoms with Crippen molar-refractivity contribution < 1.29 is 34.6 Å². The molecule has 1 aliphatic heterocycles. The fourth-order valence-corrected chi connectivity index (χ4v) is 3.18. The Morgan fingerprint density at radius 3 is 1.41 bits per heavy atom. The third-order valence-corrected chi connectivity index (χ3v) is 4.75. The van der Waals surface area contributed by atoms with Crippen LogP contribution >= 0.6 is 0 Å². The zero-order valence-electron chi connectivity index (χ0n) is 19.2. The summed E-state index contributed by atoms with van der Waals surface area (Å²) in [4.78, 5) is 0. The average molecular weight is 451 g/mol. The van der Waals surface area contributed by atoms with E-state index in [1.54, 1.807) is 0 Å². The second-order valence-electron chi connectivity index (χ2n) is 7.53. The van der Waals surface area contributed by atoms with Gasteiger partial charge in [-0.05, 0) is 25.0 Å². The summed E-state index contributed by atoms with van der Waals surface area (Å²) in [6, 6.07) is 15.6. The topological polar surface area (TPSA) is 109 Å². The molecule has 1 aliphatic rings. The van der Waals surface area contributed by atoms with Gasteiger partial charge >= 0.3 is 0 Å². The van der Waals surface area contributed by atoms with Gasteiger partial charge in [-0.15, -0.1) is 0 Å². The van der Waals surface area contributed by atoms with E-state index in [1.165, 1.54) is 12.8 Å². The summed E-state index contributed by atoms with van der Waals surface area (Å²) >= 11 is 0. The lowest BCUT2D eigenvalue weighted by Gasteiger charge is -2.30. The smallest absolute Gasteiger partial charge is 0.123 e. The van der Waals surface area contributed by atoms with Crippen molar-refractivity contribution in [3.05, 3.63) is 59.7 Å². The van der Waals surface area contributed by atoms with E-state index < -0.39 is 0 Å². The molecule has 0 radical (unpaired) electrons. The van der Waals surface area contributed by atoms with Crippen molar-refractivity contribution in [2.45, 2.75) is 32.1 Å². The Bertz CT molecular complexity index is 667. The summed E-state index contributed by atoms with van der Waals surface area (Å²) in [5.74, 6) is 1.51.